The van der Waals surface area contributed by atoms with E-state index in [2.05, 4.69) is 11.8 Å². The molecule has 0 saturated carbocycles. The smallest absolute Gasteiger partial charge is 0.263 e. The van der Waals surface area contributed by atoms with Crippen LogP contribution in [0.5, 0.6) is 0 Å². The number of nitrogens with two attached hydrogens (primary N) is 1. The van der Waals surface area contributed by atoms with Gasteiger partial charge in [0.05, 0.1) is 22.3 Å². The third kappa shape index (κ3) is 3.38. The molecule has 0 bridgehead atoms. The van der Waals surface area contributed by atoms with Gasteiger partial charge in [0.1, 0.15) is 0 Å². The molecule has 106 valence electrons. The average molecular weight is 292 g/mol. The number of thiophene rings is 1. The molecule has 0 spiro atoms. The van der Waals surface area contributed by atoms with E-state index in [4.69, 9.17) is 10.8 Å². The molecule has 1 aliphatic rings. The van der Waals surface area contributed by atoms with E-state index in [1.54, 1.807) is 17.0 Å². The molecule has 2 amide bonds. The summed E-state index contributed by atoms with van der Waals surface area (Å²) >= 11 is 1.33. The summed E-state index contributed by atoms with van der Waals surface area (Å²) in [6.45, 7) is 1.000. The molecule has 6 heteroatoms. The maximum absolute atomic E-state index is 12.3. The van der Waals surface area contributed by atoms with Crippen LogP contribution >= 0.6 is 11.3 Å². The lowest BCUT2D eigenvalue weighted by atomic mass is 10.1. The summed E-state index contributed by atoms with van der Waals surface area (Å²) in [5.74, 6) is 5.07. The predicted octanol–water partition coefficient (Wildman–Crippen LogP) is 0.429. The van der Waals surface area contributed by atoms with E-state index in [0.717, 1.165) is 4.88 Å². The van der Waals surface area contributed by atoms with Gasteiger partial charge in [0, 0.05) is 19.5 Å². The lowest BCUT2D eigenvalue weighted by Gasteiger charge is -2.14. The number of likely N-dealkylation sites (tertiary alicyclic amines) is 1. The Hall–Kier alpha value is -1.84. The molecular weight excluding hydrogens is 276 g/mol. The van der Waals surface area contributed by atoms with Crippen molar-refractivity contribution < 1.29 is 14.7 Å². The van der Waals surface area contributed by atoms with E-state index in [0.29, 0.717) is 30.8 Å². The summed E-state index contributed by atoms with van der Waals surface area (Å²) in [4.78, 5) is 26.4. The first-order chi connectivity index (χ1) is 9.61. The van der Waals surface area contributed by atoms with Gasteiger partial charge in [-0.3, -0.25) is 9.59 Å². The molecular formula is C14H16N2O3S. The fourth-order valence-electron chi connectivity index (χ4n) is 2.06. The van der Waals surface area contributed by atoms with Crippen molar-refractivity contribution in [1.82, 2.24) is 4.90 Å². The zero-order chi connectivity index (χ0) is 14.5. The first kappa shape index (κ1) is 14.6. The van der Waals surface area contributed by atoms with Gasteiger partial charge in [-0.2, -0.15) is 0 Å². The minimum absolute atomic E-state index is 0.0342. The Balaban J connectivity index is 2.00. The van der Waals surface area contributed by atoms with Crippen molar-refractivity contribution in [2.45, 2.75) is 12.8 Å². The predicted molar refractivity (Wildman–Crippen MR) is 76.1 cm³/mol. The first-order valence-corrected chi connectivity index (χ1v) is 7.21. The Kier molecular flexibility index (Phi) is 4.77. The zero-order valence-electron chi connectivity index (χ0n) is 11.0. The van der Waals surface area contributed by atoms with Crippen LogP contribution < -0.4 is 5.73 Å². The third-order valence-corrected chi connectivity index (χ3v) is 4.13. The van der Waals surface area contributed by atoms with Crippen LogP contribution in [0.2, 0.25) is 0 Å². The molecule has 1 aliphatic heterocycles. The van der Waals surface area contributed by atoms with Crippen LogP contribution in [-0.4, -0.2) is 41.5 Å². The van der Waals surface area contributed by atoms with E-state index in [1.165, 1.54) is 11.3 Å². The summed E-state index contributed by atoms with van der Waals surface area (Å²) in [6, 6.07) is 3.54. The monoisotopic (exact) mass is 292 g/mol. The number of primary amides is 1. The Labute approximate surface area is 121 Å². The minimum atomic E-state index is -0.345. The lowest BCUT2D eigenvalue weighted by Crippen LogP contribution is -2.31. The van der Waals surface area contributed by atoms with Gasteiger partial charge in [0.2, 0.25) is 5.91 Å². The molecule has 1 unspecified atom stereocenters. The highest BCUT2D eigenvalue weighted by molar-refractivity contribution is 7.14. The quantitative estimate of drug-likeness (QED) is 0.792. The van der Waals surface area contributed by atoms with Gasteiger partial charge in [0.25, 0.3) is 5.91 Å². The summed E-state index contributed by atoms with van der Waals surface area (Å²) in [6.07, 6.45) is 1.06. The van der Waals surface area contributed by atoms with E-state index >= 15 is 0 Å². The minimum Gasteiger partial charge on any atom is -0.395 e. The van der Waals surface area contributed by atoms with Gasteiger partial charge < -0.3 is 15.7 Å². The summed E-state index contributed by atoms with van der Waals surface area (Å²) < 4.78 is 0. The van der Waals surface area contributed by atoms with Crippen molar-refractivity contribution in [3.63, 3.8) is 0 Å². The Morgan fingerprint density at radius 3 is 2.95 bits per heavy atom. The summed E-state index contributed by atoms with van der Waals surface area (Å²) in [5, 5.41) is 8.65. The van der Waals surface area contributed by atoms with E-state index < -0.39 is 0 Å². The highest BCUT2D eigenvalue weighted by Gasteiger charge is 2.30. The zero-order valence-corrected chi connectivity index (χ0v) is 11.8. The summed E-state index contributed by atoms with van der Waals surface area (Å²) in [7, 11) is 0. The fraction of sp³-hybridized carbons (Fsp3) is 0.429. The number of hydrogen-bond acceptors (Lipinski definition) is 4. The molecule has 0 radical (unpaired) electrons. The van der Waals surface area contributed by atoms with E-state index in [9.17, 15) is 9.59 Å². The second-order valence-electron chi connectivity index (χ2n) is 4.58. The van der Waals surface area contributed by atoms with Crippen molar-refractivity contribution in [2.24, 2.45) is 11.7 Å². The highest BCUT2D eigenvalue weighted by atomic mass is 32.1. The standard InChI is InChI=1S/C14H16N2O3S/c15-13(18)10-6-7-16(9-10)14(19)12-5-4-11(20-12)3-1-2-8-17/h4-5,10,17H,2,6-9H2,(H2,15,18). The average Bonchev–Trinajstić information content (AvgIpc) is 3.07. The Bertz CT molecular complexity index is 570. The number of nitrogens with zero attached hydrogens (tertiary/aromatic N) is 1. The molecule has 1 atom stereocenters. The van der Waals surface area contributed by atoms with Crippen LogP contribution in [0.15, 0.2) is 12.1 Å². The second kappa shape index (κ2) is 6.55. The van der Waals surface area contributed by atoms with Crippen molar-refractivity contribution in [3.05, 3.63) is 21.9 Å². The molecule has 1 aromatic rings. The van der Waals surface area contributed by atoms with Gasteiger partial charge in [-0.1, -0.05) is 11.8 Å². The number of rotatable bonds is 3. The maximum atomic E-state index is 12.3. The van der Waals surface area contributed by atoms with Crippen molar-refractivity contribution in [3.8, 4) is 11.8 Å². The van der Waals surface area contributed by atoms with Crippen LogP contribution in [0.3, 0.4) is 0 Å². The molecule has 1 aromatic heterocycles. The number of amides is 2. The normalized spacial score (nSPS) is 17.6. The number of aliphatic hydroxyl groups excluding tert-OH is 1. The molecule has 2 rings (SSSR count). The third-order valence-electron chi connectivity index (χ3n) is 3.14. The molecule has 3 N–H and O–H groups in total. The van der Waals surface area contributed by atoms with Gasteiger partial charge in [-0.05, 0) is 18.6 Å². The number of carbonyl (C=O) groups excluding carboxylic acids is 2. The molecule has 1 saturated heterocycles. The van der Waals surface area contributed by atoms with Gasteiger partial charge >= 0.3 is 0 Å². The summed E-state index contributed by atoms with van der Waals surface area (Å²) in [5.41, 5.74) is 5.26. The Morgan fingerprint density at radius 2 is 2.30 bits per heavy atom. The molecule has 0 aromatic carbocycles. The molecule has 2 heterocycles. The number of carbonyl (C=O) groups is 2. The topological polar surface area (TPSA) is 83.6 Å². The number of hydrogen-bond donors (Lipinski definition) is 2. The van der Waals surface area contributed by atoms with E-state index in [1.807, 2.05) is 0 Å². The van der Waals surface area contributed by atoms with Gasteiger partial charge in [-0.25, -0.2) is 0 Å². The van der Waals surface area contributed by atoms with Crippen LogP contribution in [0.1, 0.15) is 27.4 Å². The van der Waals surface area contributed by atoms with Crippen LogP contribution in [0.25, 0.3) is 0 Å². The fourth-order valence-corrected chi connectivity index (χ4v) is 2.91. The van der Waals surface area contributed by atoms with Gasteiger partial charge in [0.15, 0.2) is 0 Å². The van der Waals surface area contributed by atoms with E-state index in [-0.39, 0.29) is 24.3 Å². The Morgan fingerprint density at radius 1 is 1.50 bits per heavy atom. The molecule has 1 fully saturated rings. The number of aliphatic hydroxyl groups is 1. The van der Waals surface area contributed by atoms with Crippen molar-refractivity contribution in [1.29, 1.82) is 0 Å². The molecule has 20 heavy (non-hydrogen) atoms. The molecule has 0 aliphatic carbocycles. The highest BCUT2D eigenvalue weighted by Crippen LogP contribution is 2.22. The maximum Gasteiger partial charge on any atom is 0.263 e. The second-order valence-corrected chi connectivity index (χ2v) is 5.66. The lowest BCUT2D eigenvalue weighted by molar-refractivity contribution is -0.121. The van der Waals surface area contributed by atoms with Crippen molar-refractivity contribution >= 4 is 23.2 Å². The largest absolute Gasteiger partial charge is 0.395 e. The van der Waals surface area contributed by atoms with Crippen molar-refractivity contribution in [2.75, 3.05) is 19.7 Å². The van der Waals surface area contributed by atoms with Gasteiger partial charge in [-0.15, -0.1) is 11.3 Å². The van der Waals surface area contributed by atoms with Crippen LogP contribution in [0.4, 0.5) is 0 Å². The SMILES string of the molecule is NC(=O)C1CCN(C(=O)c2ccc(C#CCCO)s2)C1. The van der Waals surface area contributed by atoms with Crippen LogP contribution in [-0.2, 0) is 4.79 Å². The first-order valence-electron chi connectivity index (χ1n) is 6.40. The molecule has 5 nitrogen and oxygen atoms in total. The van der Waals surface area contributed by atoms with Crippen LogP contribution in [0, 0.1) is 17.8 Å².